The van der Waals surface area contributed by atoms with E-state index in [1.807, 2.05) is 48.5 Å². The molecule has 0 radical (unpaired) electrons. The Labute approximate surface area is 173 Å². The molecule has 10 heteroatoms. The minimum Gasteiger partial charge on any atom is -0.494 e. The molecule has 9 nitrogen and oxygen atoms in total. The van der Waals surface area contributed by atoms with Gasteiger partial charge in [-0.05, 0) is 18.6 Å². The van der Waals surface area contributed by atoms with Crippen LogP contribution in [0.3, 0.4) is 0 Å². The van der Waals surface area contributed by atoms with E-state index in [0.717, 1.165) is 10.9 Å². The van der Waals surface area contributed by atoms with Gasteiger partial charge in [-0.25, -0.2) is 9.36 Å². The Kier molecular flexibility index (Phi) is 8.32. The molecule has 3 aromatic rings. The van der Waals surface area contributed by atoms with Crippen LogP contribution in [0, 0.1) is 0 Å². The molecular formula is C20H23N2O7P. The number of nitrogens with zero attached hydrogens (tertiary/aromatic N) is 1. The lowest BCUT2D eigenvalue weighted by Gasteiger charge is -2.15. The summed E-state index contributed by atoms with van der Waals surface area (Å²) in [6, 6.07) is 15.6. The summed E-state index contributed by atoms with van der Waals surface area (Å²) in [5.41, 5.74) is 2.93. The Morgan fingerprint density at radius 2 is 1.77 bits per heavy atom. The number of carbonyl (C=O) groups excluding carboxylic acids is 1. The number of benzene rings is 2. The highest BCUT2D eigenvalue weighted by molar-refractivity contribution is 7.45. The number of fused-ring (bicyclic) bond motifs is 1. The van der Waals surface area contributed by atoms with E-state index in [1.54, 1.807) is 14.0 Å². The number of methoxy groups -OCH3 is 1. The Hall–Kier alpha value is -2.97. The first kappa shape index (κ1) is 23.3. The van der Waals surface area contributed by atoms with Gasteiger partial charge in [0.1, 0.15) is 16.8 Å². The van der Waals surface area contributed by atoms with E-state index in [0.29, 0.717) is 35.7 Å². The molecule has 0 saturated carbocycles. The summed E-state index contributed by atoms with van der Waals surface area (Å²) in [6.07, 6.45) is 1.54. The van der Waals surface area contributed by atoms with Gasteiger partial charge in [-0.3, -0.25) is 4.98 Å². The molecule has 2 aromatic carbocycles. The third kappa shape index (κ3) is 6.82. The quantitative estimate of drug-likeness (QED) is 0.340. The van der Waals surface area contributed by atoms with Crippen LogP contribution < -0.4 is 10.1 Å². The number of ether oxygens (including phenoxy) is 2. The van der Waals surface area contributed by atoms with Crippen molar-refractivity contribution in [2.45, 2.75) is 13.5 Å². The number of carbonyl (C=O) groups is 1. The molecule has 4 N–H and O–H groups in total. The number of para-hydroxylation sites is 1. The van der Waals surface area contributed by atoms with Crippen molar-refractivity contribution in [2.75, 3.05) is 19.0 Å². The minimum atomic E-state index is -4.64. The third-order valence-corrected chi connectivity index (χ3v) is 3.89. The molecule has 0 aliphatic rings. The van der Waals surface area contributed by atoms with Gasteiger partial charge in [0.25, 0.3) is 0 Å². The van der Waals surface area contributed by atoms with Crippen LogP contribution in [0.2, 0.25) is 0 Å². The number of anilines is 1. The summed E-state index contributed by atoms with van der Waals surface area (Å²) in [6.45, 7) is 2.68. The van der Waals surface area contributed by atoms with Gasteiger partial charge in [0.15, 0.2) is 0 Å². The maximum atomic E-state index is 12.3. The molecule has 1 heterocycles. The van der Waals surface area contributed by atoms with Crippen molar-refractivity contribution in [2.24, 2.45) is 0 Å². The smallest absolute Gasteiger partial charge is 0.466 e. The Morgan fingerprint density at radius 1 is 1.10 bits per heavy atom. The predicted octanol–water partition coefficient (Wildman–Crippen LogP) is 3.10. The molecular weight excluding hydrogens is 411 g/mol. The van der Waals surface area contributed by atoms with Crippen LogP contribution in [-0.2, 0) is 15.8 Å². The van der Waals surface area contributed by atoms with Gasteiger partial charge in [0, 0.05) is 18.1 Å². The van der Waals surface area contributed by atoms with Crippen LogP contribution in [-0.4, -0.2) is 39.4 Å². The second-order valence-corrected chi connectivity index (χ2v) is 7.00. The van der Waals surface area contributed by atoms with Crippen molar-refractivity contribution in [3.63, 3.8) is 0 Å². The molecule has 0 atom stereocenters. The highest BCUT2D eigenvalue weighted by atomic mass is 31.2. The second kappa shape index (κ2) is 10.7. The molecule has 0 amide bonds. The topological polar surface area (TPSA) is 138 Å². The van der Waals surface area contributed by atoms with E-state index in [-0.39, 0.29) is 0 Å². The van der Waals surface area contributed by atoms with Gasteiger partial charge in [0.05, 0.1) is 19.4 Å². The molecule has 0 saturated heterocycles. The van der Waals surface area contributed by atoms with Crippen molar-refractivity contribution in [3.05, 3.63) is 65.9 Å². The summed E-state index contributed by atoms with van der Waals surface area (Å²) in [7, 11) is -3.03. The van der Waals surface area contributed by atoms with E-state index in [1.165, 1.54) is 6.20 Å². The molecule has 30 heavy (non-hydrogen) atoms. The monoisotopic (exact) mass is 434 g/mol. The summed E-state index contributed by atoms with van der Waals surface area (Å²) in [5.74, 6) is 0.269. The molecule has 0 unspecified atom stereocenters. The number of esters is 1. The third-order valence-electron chi connectivity index (χ3n) is 3.89. The maximum absolute atomic E-state index is 12.3. The van der Waals surface area contributed by atoms with Crippen molar-refractivity contribution >= 4 is 30.4 Å². The van der Waals surface area contributed by atoms with E-state index in [4.69, 9.17) is 28.7 Å². The number of hydrogen-bond donors (Lipinski definition) is 4. The number of pyridine rings is 1. The second-order valence-electron chi connectivity index (χ2n) is 5.98. The van der Waals surface area contributed by atoms with Crippen molar-refractivity contribution in [1.29, 1.82) is 0 Å². The SMILES string of the molecule is CCOC(=O)c1cnc2c(OC)cccc2c1NCc1ccccc1.O=P(O)(O)O. The van der Waals surface area contributed by atoms with Crippen LogP contribution in [0.25, 0.3) is 10.9 Å². The molecule has 0 aliphatic carbocycles. The average molecular weight is 434 g/mol. The normalized spacial score (nSPS) is 10.7. The summed E-state index contributed by atoms with van der Waals surface area (Å²) in [4.78, 5) is 38.3. The van der Waals surface area contributed by atoms with Gasteiger partial charge < -0.3 is 29.5 Å². The van der Waals surface area contributed by atoms with Crippen molar-refractivity contribution in [3.8, 4) is 5.75 Å². The van der Waals surface area contributed by atoms with Crippen molar-refractivity contribution < 1.29 is 33.5 Å². The molecule has 160 valence electrons. The van der Waals surface area contributed by atoms with E-state index >= 15 is 0 Å². The number of aromatic nitrogens is 1. The predicted molar refractivity (Wildman–Crippen MR) is 112 cm³/mol. The lowest BCUT2D eigenvalue weighted by Crippen LogP contribution is -2.11. The maximum Gasteiger partial charge on any atom is 0.466 e. The molecule has 0 fully saturated rings. The Bertz CT molecular complexity index is 1030. The lowest BCUT2D eigenvalue weighted by atomic mass is 10.1. The minimum absolute atomic E-state index is 0.313. The number of hydrogen-bond acceptors (Lipinski definition) is 6. The van der Waals surface area contributed by atoms with Crippen LogP contribution in [0.4, 0.5) is 5.69 Å². The summed E-state index contributed by atoms with van der Waals surface area (Å²) >= 11 is 0. The summed E-state index contributed by atoms with van der Waals surface area (Å²) < 4.78 is 19.4. The van der Waals surface area contributed by atoms with Gasteiger partial charge in [-0.15, -0.1) is 0 Å². The molecule has 3 rings (SSSR count). The number of phosphoric acid groups is 1. The number of nitrogens with one attached hydrogen (secondary N) is 1. The average Bonchev–Trinajstić information content (AvgIpc) is 2.71. The zero-order chi connectivity index (χ0) is 22.1. The van der Waals surface area contributed by atoms with Gasteiger partial charge >= 0.3 is 13.8 Å². The fraction of sp³-hybridized carbons (Fsp3) is 0.200. The fourth-order valence-corrected chi connectivity index (χ4v) is 2.70. The van der Waals surface area contributed by atoms with Gasteiger partial charge in [-0.1, -0.05) is 42.5 Å². The van der Waals surface area contributed by atoms with Crippen LogP contribution >= 0.6 is 7.82 Å². The first-order valence-corrected chi connectivity index (χ1v) is 10.5. The fourth-order valence-electron chi connectivity index (χ4n) is 2.70. The molecule has 0 bridgehead atoms. The standard InChI is InChI=1S/C20H20N2O3.H3O4P/c1-3-25-20(23)16-13-22-19-15(10-7-11-17(19)24-2)18(16)21-12-14-8-5-4-6-9-14;1-5(2,3)4/h4-11,13H,3,12H2,1-2H3,(H,21,22);(H3,1,2,3,4). The first-order valence-electron chi connectivity index (χ1n) is 8.93. The van der Waals surface area contributed by atoms with Crippen molar-refractivity contribution in [1.82, 2.24) is 4.98 Å². The highest BCUT2D eigenvalue weighted by Crippen LogP contribution is 2.32. The van der Waals surface area contributed by atoms with E-state index < -0.39 is 13.8 Å². The van der Waals surface area contributed by atoms with E-state index in [9.17, 15) is 4.79 Å². The Morgan fingerprint density at radius 3 is 2.37 bits per heavy atom. The highest BCUT2D eigenvalue weighted by Gasteiger charge is 2.18. The molecule has 1 aromatic heterocycles. The van der Waals surface area contributed by atoms with Crippen LogP contribution in [0.15, 0.2) is 54.7 Å². The van der Waals surface area contributed by atoms with E-state index in [2.05, 4.69) is 10.3 Å². The molecule has 0 spiro atoms. The van der Waals surface area contributed by atoms with Gasteiger partial charge in [-0.2, -0.15) is 0 Å². The zero-order valence-electron chi connectivity index (χ0n) is 16.5. The first-order chi connectivity index (χ1) is 14.2. The zero-order valence-corrected chi connectivity index (χ0v) is 17.4. The Balaban J connectivity index is 0.000000575. The van der Waals surface area contributed by atoms with Crippen LogP contribution in [0.1, 0.15) is 22.8 Å². The number of rotatable bonds is 6. The van der Waals surface area contributed by atoms with Crippen LogP contribution in [0.5, 0.6) is 5.75 Å². The molecule has 0 aliphatic heterocycles. The van der Waals surface area contributed by atoms with Gasteiger partial charge in [0.2, 0.25) is 0 Å². The largest absolute Gasteiger partial charge is 0.494 e. The summed E-state index contributed by atoms with van der Waals surface area (Å²) in [5, 5.41) is 4.19. The lowest BCUT2D eigenvalue weighted by molar-refractivity contribution is 0.0527.